The summed E-state index contributed by atoms with van der Waals surface area (Å²) in [5, 5.41) is 4.72. The minimum atomic E-state index is -0.742. The van der Waals surface area contributed by atoms with Crippen LogP contribution in [0.5, 0.6) is 0 Å². The van der Waals surface area contributed by atoms with Crippen molar-refractivity contribution in [2.75, 3.05) is 0 Å². The minimum Gasteiger partial charge on any atom is -0.350 e. The van der Waals surface area contributed by atoms with Gasteiger partial charge in [0.15, 0.2) is 5.65 Å². The van der Waals surface area contributed by atoms with Crippen molar-refractivity contribution in [2.45, 2.75) is 26.6 Å². The number of hydrogen-bond donors (Lipinski definition) is 1. The number of nitrogens with zero attached hydrogens (tertiary/aromatic N) is 3. The van der Waals surface area contributed by atoms with Gasteiger partial charge in [0.2, 0.25) is 5.91 Å². The van der Waals surface area contributed by atoms with Crippen molar-refractivity contribution in [1.82, 2.24) is 19.4 Å². The minimum absolute atomic E-state index is 0.229. The Morgan fingerprint density at radius 3 is 2.53 bits per heavy atom. The summed E-state index contributed by atoms with van der Waals surface area (Å²) in [6.45, 7) is 2.35. The Morgan fingerprint density at radius 2 is 1.80 bits per heavy atom. The summed E-state index contributed by atoms with van der Waals surface area (Å²) in [4.78, 5) is 43.5. The molecule has 7 nitrogen and oxygen atoms in total. The van der Waals surface area contributed by atoms with Crippen molar-refractivity contribution in [2.24, 2.45) is 0 Å². The van der Waals surface area contributed by atoms with Gasteiger partial charge in [-0.2, -0.15) is 0 Å². The van der Waals surface area contributed by atoms with E-state index in [9.17, 15) is 14.4 Å². The summed E-state index contributed by atoms with van der Waals surface area (Å²) >= 11 is 1.54. The third-order valence-electron chi connectivity index (χ3n) is 4.79. The summed E-state index contributed by atoms with van der Waals surface area (Å²) < 4.78 is 2.56. The van der Waals surface area contributed by atoms with Crippen molar-refractivity contribution in [3.05, 3.63) is 96.8 Å². The van der Waals surface area contributed by atoms with Crippen molar-refractivity contribution < 1.29 is 4.79 Å². The molecule has 0 radical (unpaired) electrons. The van der Waals surface area contributed by atoms with Crippen LogP contribution in [-0.4, -0.2) is 20.0 Å². The van der Waals surface area contributed by atoms with Crippen LogP contribution in [0.4, 0.5) is 0 Å². The van der Waals surface area contributed by atoms with Crippen molar-refractivity contribution in [3.8, 4) is 0 Å². The van der Waals surface area contributed by atoms with Gasteiger partial charge >= 0.3 is 11.1 Å². The molecule has 1 amide bonds. The van der Waals surface area contributed by atoms with E-state index in [-0.39, 0.29) is 19.0 Å². The molecule has 8 heteroatoms. The van der Waals surface area contributed by atoms with E-state index >= 15 is 0 Å². The third-order valence-corrected chi connectivity index (χ3v) is 5.67. The summed E-state index contributed by atoms with van der Waals surface area (Å²) in [6.07, 6.45) is 1.57. The first-order valence-electron chi connectivity index (χ1n) is 9.46. The van der Waals surface area contributed by atoms with Gasteiger partial charge in [-0.25, -0.2) is 4.98 Å². The summed E-state index contributed by atoms with van der Waals surface area (Å²) in [7, 11) is 0. The van der Waals surface area contributed by atoms with Gasteiger partial charge < -0.3 is 5.32 Å². The highest BCUT2D eigenvalue weighted by Gasteiger charge is 2.16. The molecular formula is C22H20N4O3S. The van der Waals surface area contributed by atoms with Crippen LogP contribution in [0.25, 0.3) is 11.2 Å². The Morgan fingerprint density at radius 1 is 1.03 bits per heavy atom. The van der Waals surface area contributed by atoms with Crippen LogP contribution in [-0.2, 0) is 24.4 Å². The molecule has 0 saturated carbocycles. The lowest BCUT2D eigenvalue weighted by Crippen LogP contribution is -2.44. The molecule has 1 aromatic carbocycles. The highest BCUT2D eigenvalue weighted by Crippen LogP contribution is 2.11. The topological polar surface area (TPSA) is 86.0 Å². The fraction of sp³-hybridized carbons (Fsp3) is 0.182. The first kappa shape index (κ1) is 19.8. The summed E-state index contributed by atoms with van der Waals surface area (Å²) in [5.74, 6) is -0.341. The number of benzene rings is 1. The Labute approximate surface area is 176 Å². The molecule has 4 aromatic rings. The Bertz CT molecular complexity index is 1310. The number of amides is 1. The lowest BCUT2D eigenvalue weighted by molar-refractivity contribution is -0.121. The first-order valence-corrected chi connectivity index (χ1v) is 10.3. The number of aromatic nitrogens is 3. The fourth-order valence-corrected chi connectivity index (χ4v) is 3.87. The molecular weight excluding hydrogens is 400 g/mol. The Kier molecular flexibility index (Phi) is 5.58. The lowest BCUT2D eigenvalue weighted by Gasteiger charge is -2.14. The van der Waals surface area contributed by atoms with Crippen LogP contribution >= 0.6 is 11.3 Å². The monoisotopic (exact) mass is 420 g/mol. The summed E-state index contributed by atoms with van der Waals surface area (Å²) in [5.41, 5.74) is 1.37. The molecule has 0 bridgehead atoms. The normalized spacial score (nSPS) is 11.0. The largest absolute Gasteiger partial charge is 0.350 e. The second-order valence-electron chi connectivity index (χ2n) is 6.97. The Balaban J connectivity index is 1.68. The molecule has 0 aliphatic heterocycles. The molecule has 30 heavy (non-hydrogen) atoms. The molecule has 0 aliphatic carbocycles. The van der Waals surface area contributed by atoms with Crippen molar-refractivity contribution >= 4 is 28.4 Å². The smallest absolute Gasteiger partial charge is 0.318 e. The van der Waals surface area contributed by atoms with Crippen molar-refractivity contribution in [3.63, 3.8) is 0 Å². The van der Waals surface area contributed by atoms with Crippen LogP contribution in [0.2, 0.25) is 0 Å². The van der Waals surface area contributed by atoms with Gasteiger partial charge in [-0.1, -0.05) is 35.9 Å². The number of carbonyl (C=O) groups excluding carboxylic acids is 1. The van der Waals surface area contributed by atoms with E-state index in [2.05, 4.69) is 10.3 Å². The second-order valence-corrected chi connectivity index (χ2v) is 8.00. The van der Waals surface area contributed by atoms with Crippen LogP contribution in [0.3, 0.4) is 0 Å². The van der Waals surface area contributed by atoms with E-state index in [1.165, 1.54) is 20.5 Å². The number of fused-ring (bicyclic) bond motifs is 1. The lowest BCUT2D eigenvalue weighted by atomic mass is 10.1. The zero-order valence-electron chi connectivity index (χ0n) is 16.4. The van der Waals surface area contributed by atoms with Gasteiger partial charge in [-0.15, -0.1) is 11.3 Å². The maximum absolute atomic E-state index is 12.9. The number of carbonyl (C=O) groups is 1. The number of thiophene rings is 1. The number of rotatable bonds is 6. The number of aryl methyl sites for hydroxylation is 1. The second kappa shape index (κ2) is 8.46. The highest BCUT2D eigenvalue weighted by molar-refractivity contribution is 7.09. The number of hydrogen-bond acceptors (Lipinski definition) is 5. The van der Waals surface area contributed by atoms with E-state index < -0.39 is 11.1 Å². The zero-order chi connectivity index (χ0) is 21.1. The van der Waals surface area contributed by atoms with Gasteiger partial charge in [-0.3, -0.25) is 23.5 Å². The number of nitrogens with one attached hydrogen (secondary N) is 1. The first-order chi connectivity index (χ1) is 14.5. The van der Waals surface area contributed by atoms with Crippen molar-refractivity contribution in [1.29, 1.82) is 0 Å². The maximum Gasteiger partial charge on any atom is 0.318 e. The molecule has 3 aromatic heterocycles. The SMILES string of the molecule is Cc1ccc(Cn2c(=O)c(=O)n(CC(=O)NCc3cccs3)c3cccnc32)cc1. The Hall–Kier alpha value is -3.52. The van der Waals surface area contributed by atoms with E-state index in [1.54, 1.807) is 18.3 Å². The standard InChI is InChI=1S/C22H20N4O3S/c1-15-6-8-16(9-7-15)13-26-20-18(5-2-10-23-20)25(21(28)22(26)29)14-19(27)24-12-17-4-3-11-30-17/h2-11H,12-14H2,1H3,(H,24,27). The van der Waals surface area contributed by atoms with Gasteiger partial charge in [0.25, 0.3) is 0 Å². The zero-order valence-corrected chi connectivity index (χ0v) is 17.2. The number of pyridine rings is 1. The predicted octanol–water partition coefficient (Wildman–Crippen LogP) is 2.29. The quantitative estimate of drug-likeness (QED) is 0.485. The molecule has 0 saturated heterocycles. The molecule has 0 unspecified atom stereocenters. The summed E-state index contributed by atoms with van der Waals surface area (Å²) in [6, 6.07) is 14.9. The van der Waals surface area contributed by atoms with Crippen LogP contribution in [0.1, 0.15) is 16.0 Å². The molecule has 0 atom stereocenters. The van der Waals surface area contributed by atoms with Gasteiger partial charge in [-0.05, 0) is 36.1 Å². The van der Waals surface area contributed by atoms with Crippen LogP contribution < -0.4 is 16.4 Å². The van der Waals surface area contributed by atoms with E-state index in [1.807, 2.05) is 48.7 Å². The molecule has 0 spiro atoms. The molecule has 1 N–H and O–H groups in total. The van der Waals surface area contributed by atoms with E-state index in [4.69, 9.17) is 0 Å². The van der Waals surface area contributed by atoms with Gasteiger partial charge in [0.1, 0.15) is 6.54 Å². The molecule has 3 heterocycles. The fourth-order valence-electron chi connectivity index (χ4n) is 3.22. The average Bonchev–Trinajstić information content (AvgIpc) is 3.28. The molecule has 0 aliphatic rings. The molecule has 152 valence electrons. The average molecular weight is 420 g/mol. The van der Waals surface area contributed by atoms with Crippen LogP contribution in [0.15, 0.2) is 69.7 Å². The van der Waals surface area contributed by atoms with Gasteiger partial charge in [0.05, 0.1) is 18.6 Å². The third kappa shape index (κ3) is 4.08. The van der Waals surface area contributed by atoms with E-state index in [0.29, 0.717) is 17.7 Å². The highest BCUT2D eigenvalue weighted by atomic mass is 32.1. The predicted molar refractivity (Wildman–Crippen MR) is 117 cm³/mol. The van der Waals surface area contributed by atoms with E-state index in [0.717, 1.165) is 16.0 Å². The van der Waals surface area contributed by atoms with Gasteiger partial charge in [0, 0.05) is 11.1 Å². The van der Waals surface area contributed by atoms with Crippen LogP contribution in [0, 0.1) is 6.92 Å². The molecule has 0 fully saturated rings. The molecule has 4 rings (SSSR count). The maximum atomic E-state index is 12.9.